The Bertz CT molecular complexity index is 647. The van der Waals surface area contributed by atoms with Gasteiger partial charge >= 0.3 is 5.97 Å². The molecule has 0 unspecified atom stereocenters. The summed E-state index contributed by atoms with van der Waals surface area (Å²) in [6.07, 6.45) is 0.834. The van der Waals surface area contributed by atoms with E-state index in [1.54, 1.807) is 12.1 Å². The molecule has 0 amide bonds. The number of ether oxygens (including phenoxy) is 1. The molecule has 0 saturated carbocycles. The van der Waals surface area contributed by atoms with Crippen molar-refractivity contribution in [2.24, 2.45) is 5.41 Å². The molecule has 1 saturated heterocycles. The van der Waals surface area contributed by atoms with Crippen LogP contribution in [0.5, 0.6) is 0 Å². The Kier molecular flexibility index (Phi) is 3.64. The van der Waals surface area contributed by atoms with Crippen molar-refractivity contribution >= 4 is 17.6 Å². The third-order valence-corrected chi connectivity index (χ3v) is 3.88. The third-order valence-electron chi connectivity index (χ3n) is 3.68. The van der Waals surface area contributed by atoms with Crippen molar-refractivity contribution in [2.75, 3.05) is 13.2 Å². The van der Waals surface area contributed by atoms with Crippen molar-refractivity contribution in [3.8, 4) is 11.6 Å². The highest BCUT2D eigenvalue weighted by Crippen LogP contribution is 2.34. The molecule has 0 bridgehead atoms. The summed E-state index contributed by atoms with van der Waals surface area (Å²) in [7, 11) is 0. The Hall–Kier alpha value is -1.93. The summed E-state index contributed by atoms with van der Waals surface area (Å²) in [6.45, 7) is 0.985. The molecule has 3 rings (SSSR count). The highest BCUT2D eigenvalue weighted by Gasteiger charge is 2.41. The Morgan fingerprint density at radius 3 is 2.81 bits per heavy atom. The van der Waals surface area contributed by atoms with Gasteiger partial charge in [-0.3, -0.25) is 4.79 Å². The van der Waals surface area contributed by atoms with E-state index in [0.29, 0.717) is 37.6 Å². The van der Waals surface area contributed by atoms with Gasteiger partial charge in [0.05, 0.1) is 12.0 Å². The molecule has 0 radical (unpaired) electrons. The Morgan fingerprint density at radius 2 is 2.19 bits per heavy atom. The lowest BCUT2D eigenvalue weighted by molar-refractivity contribution is -0.156. The zero-order valence-electron chi connectivity index (χ0n) is 11.0. The van der Waals surface area contributed by atoms with Crippen LogP contribution in [0.15, 0.2) is 16.5 Å². The van der Waals surface area contributed by atoms with Gasteiger partial charge in [-0.05, 0) is 47.0 Å². The summed E-state index contributed by atoms with van der Waals surface area (Å²) in [4.78, 5) is 11.7. The van der Waals surface area contributed by atoms with E-state index in [-0.39, 0.29) is 11.8 Å². The molecule has 0 aromatic carbocycles. The zero-order chi connectivity index (χ0) is 14.9. The molecule has 112 valence electrons. The third kappa shape index (κ3) is 2.64. The quantitative estimate of drug-likeness (QED) is 0.911. The number of aliphatic carboxylic acids is 1. The van der Waals surface area contributed by atoms with Gasteiger partial charge < -0.3 is 14.3 Å². The second kappa shape index (κ2) is 5.45. The molecule has 0 atom stereocenters. The SMILES string of the molecule is O=C(O)C1(Cn2nnnc2-c2ccc(Cl)o2)CCOCC1. The molecule has 9 heteroatoms. The fourth-order valence-electron chi connectivity index (χ4n) is 2.41. The molecular weight excluding hydrogens is 300 g/mol. The van der Waals surface area contributed by atoms with Gasteiger partial charge in [0.15, 0.2) is 11.0 Å². The van der Waals surface area contributed by atoms with Crippen LogP contribution in [-0.2, 0) is 16.1 Å². The number of nitrogens with zero attached hydrogens (tertiary/aromatic N) is 4. The largest absolute Gasteiger partial charge is 0.481 e. The van der Waals surface area contributed by atoms with Crippen molar-refractivity contribution in [1.82, 2.24) is 20.2 Å². The van der Waals surface area contributed by atoms with Gasteiger partial charge in [-0.15, -0.1) is 5.10 Å². The lowest BCUT2D eigenvalue weighted by atomic mass is 9.80. The minimum Gasteiger partial charge on any atom is -0.481 e. The van der Waals surface area contributed by atoms with Crippen LogP contribution in [0.1, 0.15) is 12.8 Å². The Morgan fingerprint density at radius 1 is 1.43 bits per heavy atom. The van der Waals surface area contributed by atoms with Crippen LogP contribution >= 0.6 is 11.6 Å². The number of carbonyl (C=O) groups is 1. The molecule has 1 aliphatic heterocycles. The second-order valence-corrected chi connectivity index (χ2v) is 5.33. The van der Waals surface area contributed by atoms with Gasteiger partial charge in [0.1, 0.15) is 0 Å². The molecule has 21 heavy (non-hydrogen) atoms. The molecule has 1 N–H and O–H groups in total. The Labute approximate surface area is 124 Å². The highest BCUT2D eigenvalue weighted by atomic mass is 35.5. The topological polar surface area (TPSA) is 103 Å². The van der Waals surface area contributed by atoms with Crippen LogP contribution in [0.25, 0.3) is 11.6 Å². The summed E-state index contributed by atoms with van der Waals surface area (Å²) in [5.74, 6) is -0.114. The van der Waals surface area contributed by atoms with Crippen LogP contribution in [0.3, 0.4) is 0 Å². The zero-order valence-corrected chi connectivity index (χ0v) is 11.8. The van der Waals surface area contributed by atoms with E-state index >= 15 is 0 Å². The molecular formula is C12H13ClN4O4. The molecule has 3 heterocycles. The average Bonchev–Trinajstić information content (AvgIpc) is 3.08. The van der Waals surface area contributed by atoms with Crippen molar-refractivity contribution in [1.29, 1.82) is 0 Å². The van der Waals surface area contributed by atoms with E-state index < -0.39 is 11.4 Å². The maximum absolute atomic E-state index is 11.7. The van der Waals surface area contributed by atoms with Crippen LogP contribution in [0.4, 0.5) is 0 Å². The lowest BCUT2D eigenvalue weighted by Crippen LogP contribution is -2.41. The number of aromatic nitrogens is 4. The number of carboxylic acid groups (broad SMARTS) is 1. The maximum atomic E-state index is 11.7. The molecule has 1 aliphatic rings. The van der Waals surface area contributed by atoms with Crippen LogP contribution < -0.4 is 0 Å². The predicted octanol–water partition coefficient (Wildman–Crippen LogP) is 1.47. The highest BCUT2D eigenvalue weighted by molar-refractivity contribution is 6.28. The maximum Gasteiger partial charge on any atom is 0.311 e. The van der Waals surface area contributed by atoms with Crippen molar-refractivity contribution in [2.45, 2.75) is 19.4 Å². The van der Waals surface area contributed by atoms with E-state index in [1.165, 1.54) is 4.68 Å². The van der Waals surface area contributed by atoms with E-state index in [9.17, 15) is 9.90 Å². The summed E-state index contributed by atoms with van der Waals surface area (Å²) >= 11 is 5.74. The molecule has 1 fully saturated rings. The first-order valence-corrected chi connectivity index (χ1v) is 6.82. The number of rotatable bonds is 4. The van der Waals surface area contributed by atoms with E-state index in [1.807, 2.05) is 0 Å². The summed E-state index contributed by atoms with van der Waals surface area (Å²) in [6, 6.07) is 3.22. The van der Waals surface area contributed by atoms with Crippen molar-refractivity contribution in [3.63, 3.8) is 0 Å². The summed E-state index contributed by atoms with van der Waals surface area (Å²) in [5.41, 5.74) is -0.932. The first-order chi connectivity index (χ1) is 10.1. The Balaban J connectivity index is 1.91. The van der Waals surface area contributed by atoms with Crippen LogP contribution in [-0.4, -0.2) is 44.5 Å². The average molecular weight is 313 g/mol. The van der Waals surface area contributed by atoms with Gasteiger partial charge in [0, 0.05) is 13.2 Å². The minimum atomic E-state index is -0.932. The smallest absolute Gasteiger partial charge is 0.311 e. The number of hydrogen-bond donors (Lipinski definition) is 1. The number of furan rings is 1. The van der Waals surface area contributed by atoms with Crippen LogP contribution in [0, 0.1) is 5.41 Å². The van der Waals surface area contributed by atoms with Gasteiger partial charge in [-0.2, -0.15) is 0 Å². The number of carboxylic acids is 1. The second-order valence-electron chi connectivity index (χ2n) is 4.96. The molecule has 0 aliphatic carbocycles. The number of halogens is 1. The van der Waals surface area contributed by atoms with Gasteiger partial charge in [-0.25, -0.2) is 4.68 Å². The molecule has 2 aromatic heterocycles. The first-order valence-electron chi connectivity index (χ1n) is 6.44. The van der Waals surface area contributed by atoms with Crippen molar-refractivity contribution in [3.05, 3.63) is 17.4 Å². The number of hydrogen-bond acceptors (Lipinski definition) is 6. The predicted molar refractivity (Wildman–Crippen MR) is 70.7 cm³/mol. The molecule has 8 nitrogen and oxygen atoms in total. The van der Waals surface area contributed by atoms with Crippen LogP contribution in [0.2, 0.25) is 5.22 Å². The van der Waals surface area contributed by atoms with Gasteiger partial charge in [0.2, 0.25) is 5.82 Å². The first kappa shape index (κ1) is 14.0. The van der Waals surface area contributed by atoms with E-state index in [4.69, 9.17) is 20.8 Å². The van der Waals surface area contributed by atoms with Gasteiger partial charge in [0.25, 0.3) is 0 Å². The standard InChI is InChI=1S/C12H13ClN4O4/c13-9-2-1-8(21-9)10-14-15-16-17(10)7-12(11(18)19)3-5-20-6-4-12/h1-2H,3-7H2,(H,18,19). The number of tetrazole rings is 1. The van der Waals surface area contributed by atoms with E-state index in [2.05, 4.69) is 15.5 Å². The van der Waals surface area contributed by atoms with E-state index in [0.717, 1.165) is 0 Å². The van der Waals surface area contributed by atoms with Gasteiger partial charge in [-0.1, -0.05) is 0 Å². The minimum absolute atomic E-state index is 0.159. The normalized spacial score (nSPS) is 17.8. The fraction of sp³-hybridized carbons (Fsp3) is 0.500. The monoisotopic (exact) mass is 312 g/mol. The van der Waals surface area contributed by atoms with Crippen molar-refractivity contribution < 1.29 is 19.1 Å². The molecule has 0 spiro atoms. The molecule has 2 aromatic rings. The summed E-state index contributed by atoms with van der Waals surface area (Å²) in [5, 5.41) is 21.1. The summed E-state index contributed by atoms with van der Waals surface area (Å²) < 4.78 is 12.0. The fourth-order valence-corrected chi connectivity index (χ4v) is 2.56. The lowest BCUT2D eigenvalue weighted by Gasteiger charge is -2.32.